The first-order chi connectivity index (χ1) is 8.79. The third kappa shape index (κ3) is 2.54. The summed E-state index contributed by atoms with van der Waals surface area (Å²) in [6.45, 7) is 7.62. The van der Waals surface area contributed by atoms with Crippen molar-refractivity contribution in [1.29, 1.82) is 0 Å². The fourth-order valence-electron chi connectivity index (χ4n) is 3.13. The van der Waals surface area contributed by atoms with Crippen molar-refractivity contribution in [3.8, 4) is 0 Å². The lowest BCUT2D eigenvalue weighted by Gasteiger charge is -2.38. The molecule has 0 amide bonds. The maximum atomic E-state index is 12.9. The predicted molar refractivity (Wildman–Crippen MR) is 80.6 cm³/mol. The van der Waals surface area contributed by atoms with Crippen LogP contribution in [-0.2, 0) is 9.84 Å². The molecule has 19 heavy (non-hydrogen) atoms. The summed E-state index contributed by atoms with van der Waals surface area (Å²) in [5, 5.41) is 0. The number of fused-ring (bicyclic) bond motifs is 1. The molecular weight excluding hydrogens is 256 g/mol. The first kappa shape index (κ1) is 14.8. The van der Waals surface area contributed by atoms with E-state index in [0.29, 0.717) is 5.92 Å². The third-order valence-corrected chi connectivity index (χ3v) is 7.12. The summed E-state index contributed by atoms with van der Waals surface area (Å²) in [4.78, 5) is 0.771. The normalized spacial score (nSPS) is 27.2. The number of allylic oxidation sites excluding steroid dienone is 4. The van der Waals surface area contributed by atoms with E-state index in [2.05, 4.69) is 19.1 Å². The lowest BCUT2D eigenvalue weighted by Crippen LogP contribution is -2.36. The average molecular weight is 282 g/mol. The topological polar surface area (TPSA) is 34.1 Å². The van der Waals surface area contributed by atoms with Crippen molar-refractivity contribution in [1.82, 2.24) is 0 Å². The lowest BCUT2D eigenvalue weighted by molar-refractivity contribution is 0.468. The van der Waals surface area contributed by atoms with Crippen LogP contribution in [0.15, 0.2) is 22.6 Å². The monoisotopic (exact) mass is 282 g/mol. The Kier molecular flexibility index (Phi) is 3.97. The molecule has 0 fully saturated rings. The molecule has 3 aliphatic rings. The fraction of sp³-hybridized carbons (Fsp3) is 0.750. The van der Waals surface area contributed by atoms with E-state index in [4.69, 9.17) is 0 Å². The lowest BCUT2D eigenvalue weighted by atomic mass is 9.75. The quantitative estimate of drug-likeness (QED) is 0.723. The van der Waals surface area contributed by atoms with Crippen molar-refractivity contribution >= 4 is 9.84 Å². The Morgan fingerprint density at radius 3 is 2.21 bits per heavy atom. The van der Waals surface area contributed by atoms with Gasteiger partial charge < -0.3 is 0 Å². The van der Waals surface area contributed by atoms with Gasteiger partial charge in [-0.1, -0.05) is 25.5 Å². The molecule has 0 aromatic rings. The molecule has 3 heteroatoms. The summed E-state index contributed by atoms with van der Waals surface area (Å²) in [5.41, 5.74) is 1.22. The molecule has 2 bridgehead atoms. The number of hydrogen-bond donors (Lipinski definition) is 0. The van der Waals surface area contributed by atoms with Crippen LogP contribution in [0.4, 0.5) is 0 Å². The van der Waals surface area contributed by atoms with E-state index in [-0.39, 0.29) is 5.92 Å². The minimum atomic E-state index is -3.18. The molecule has 108 valence electrons. The number of sulfone groups is 1. The van der Waals surface area contributed by atoms with E-state index >= 15 is 0 Å². The summed E-state index contributed by atoms with van der Waals surface area (Å²) in [5.74, 6) is 0.518. The van der Waals surface area contributed by atoms with Crippen molar-refractivity contribution in [2.75, 3.05) is 0 Å². The number of unbranched alkanes of at least 4 members (excludes halogenated alkanes) is 1. The zero-order valence-electron chi connectivity index (χ0n) is 12.6. The molecule has 2 atom stereocenters. The van der Waals surface area contributed by atoms with Crippen LogP contribution in [0, 0.1) is 11.8 Å². The smallest absolute Gasteiger partial charge is 0.180 e. The highest BCUT2D eigenvalue weighted by atomic mass is 32.2. The van der Waals surface area contributed by atoms with E-state index < -0.39 is 14.6 Å². The minimum absolute atomic E-state index is 0.140. The van der Waals surface area contributed by atoms with E-state index in [1.807, 2.05) is 20.8 Å². The van der Waals surface area contributed by atoms with Crippen molar-refractivity contribution in [2.24, 2.45) is 11.8 Å². The van der Waals surface area contributed by atoms with Gasteiger partial charge >= 0.3 is 0 Å². The Morgan fingerprint density at radius 1 is 1.16 bits per heavy atom. The van der Waals surface area contributed by atoms with Gasteiger partial charge in [-0.25, -0.2) is 8.42 Å². The Hall–Kier alpha value is -0.570. The molecule has 2 nitrogen and oxygen atoms in total. The maximum Gasteiger partial charge on any atom is 0.180 e. The van der Waals surface area contributed by atoms with Gasteiger partial charge in [-0.15, -0.1) is 0 Å². The molecule has 0 aliphatic heterocycles. The molecule has 3 rings (SSSR count). The molecule has 2 unspecified atom stereocenters. The zero-order chi connectivity index (χ0) is 14.3. The van der Waals surface area contributed by atoms with Gasteiger partial charge in [-0.3, -0.25) is 0 Å². The highest BCUT2D eigenvalue weighted by Gasteiger charge is 2.42. The second-order valence-electron chi connectivity index (χ2n) is 6.78. The molecule has 0 N–H and O–H groups in total. The molecule has 0 spiro atoms. The average Bonchev–Trinajstić information content (AvgIpc) is 2.35. The van der Waals surface area contributed by atoms with Crippen LogP contribution in [0.5, 0.6) is 0 Å². The van der Waals surface area contributed by atoms with E-state index in [1.54, 1.807) is 0 Å². The molecule has 0 heterocycles. The summed E-state index contributed by atoms with van der Waals surface area (Å²) in [6.07, 6.45) is 9.66. The predicted octanol–water partition coefficient (Wildman–Crippen LogP) is 4.24. The first-order valence-corrected chi connectivity index (χ1v) is 8.93. The molecule has 0 radical (unpaired) electrons. The standard InChI is InChI=1S/C16H26O2S/c1-5-6-7-14-12-8-10-13(11-9-12)15(14)19(17,18)16(2,3)4/h8,10,12-13H,5-7,9,11H2,1-4H3. The SMILES string of the molecule is CCCCC1=C(S(=O)(=O)C(C)(C)C)C2C=CC1CC2. The summed E-state index contributed by atoms with van der Waals surface area (Å²) < 4.78 is 25.1. The molecule has 0 saturated heterocycles. The molecule has 0 saturated carbocycles. The highest BCUT2D eigenvalue weighted by Crippen LogP contribution is 2.47. The van der Waals surface area contributed by atoms with Gasteiger partial charge in [-0.2, -0.15) is 0 Å². The van der Waals surface area contributed by atoms with Crippen LogP contribution in [0.2, 0.25) is 0 Å². The van der Waals surface area contributed by atoms with Crippen molar-refractivity contribution < 1.29 is 8.42 Å². The van der Waals surface area contributed by atoms with E-state index in [9.17, 15) is 8.42 Å². The second kappa shape index (κ2) is 5.08. The Bertz CT molecular complexity index is 503. The van der Waals surface area contributed by atoms with Gasteiger partial charge in [0.15, 0.2) is 9.84 Å². The van der Waals surface area contributed by atoms with Crippen molar-refractivity contribution in [3.05, 3.63) is 22.6 Å². The van der Waals surface area contributed by atoms with E-state index in [0.717, 1.165) is 37.0 Å². The van der Waals surface area contributed by atoms with Crippen LogP contribution in [-0.4, -0.2) is 13.2 Å². The Labute approximate surface area is 117 Å². The van der Waals surface area contributed by atoms with Gasteiger partial charge in [0.2, 0.25) is 0 Å². The summed E-state index contributed by atoms with van der Waals surface area (Å²) in [6, 6.07) is 0. The second-order valence-corrected chi connectivity index (χ2v) is 9.46. The van der Waals surface area contributed by atoms with Crippen LogP contribution in [0.3, 0.4) is 0 Å². The fourth-order valence-corrected chi connectivity index (χ4v) is 4.98. The molecule has 0 aromatic carbocycles. The Morgan fingerprint density at radius 2 is 1.74 bits per heavy atom. The Balaban J connectivity index is 2.49. The van der Waals surface area contributed by atoms with Gasteiger partial charge in [-0.05, 0) is 57.9 Å². The minimum Gasteiger partial charge on any atom is -0.223 e. The number of rotatable bonds is 4. The van der Waals surface area contributed by atoms with Gasteiger partial charge in [0, 0.05) is 5.92 Å². The van der Waals surface area contributed by atoms with Crippen LogP contribution in [0.1, 0.15) is 59.8 Å². The van der Waals surface area contributed by atoms with Gasteiger partial charge in [0.1, 0.15) is 0 Å². The van der Waals surface area contributed by atoms with Crippen LogP contribution in [0.25, 0.3) is 0 Å². The van der Waals surface area contributed by atoms with Crippen molar-refractivity contribution in [3.63, 3.8) is 0 Å². The largest absolute Gasteiger partial charge is 0.223 e. The van der Waals surface area contributed by atoms with Crippen molar-refractivity contribution in [2.45, 2.75) is 64.5 Å². The molecular formula is C16H26O2S. The zero-order valence-corrected chi connectivity index (χ0v) is 13.4. The highest BCUT2D eigenvalue weighted by molar-refractivity contribution is 7.96. The summed E-state index contributed by atoms with van der Waals surface area (Å²) >= 11 is 0. The maximum absolute atomic E-state index is 12.9. The van der Waals surface area contributed by atoms with E-state index in [1.165, 1.54) is 5.57 Å². The van der Waals surface area contributed by atoms with Crippen LogP contribution < -0.4 is 0 Å². The third-order valence-electron chi connectivity index (χ3n) is 4.36. The van der Waals surface area contributed by atoms with Gasteiger partial charge in [0.25, 0.3) is 0 Å². The van der Waals surface area contributed by atoms with Gasteiger partial charge in [0.05, 0.1) is 9.65 Å². The van der Waals surface area contributed by atoms with Crippen LogP contribution >= 0.6 is 0 Å². The molecule has 0 aromatic heterocycles. The summed E-state index contributed by atoms with van der Waals surface area (Å²) in [7, 11) is -3.18. The number of hydrogen-bond acceptors (Lipinski definition) is 2. The first-order valence-electron chi connectivity index (χ1n) is 7.45. The molecule has 3 aliphatic carbocycles.